The third-order valence-corrected chi connectivity index (χ3v) is 7.35. The second-order valence-electron chi connectivity index (χ2n) is 7.00. The molecule has 0 unspecified atom stereocenters. The summed E-state index contributed by atoms with van der Waals surface area (Å²) in [5, 5.41) is 2.89. The number of anilines is 1. The van der Waals surface area contributed by atoms with Crippen molar-refractivity contribution >= 4 is 21.6 Å². The fourth-order valence-corrected chi connectivity index (χ4v) is 5.58. The van der Waals surface area contributed by atoms with E-state index in [1.165, 1.54) is 17.5 Å². The highest BCUT2D eigenvalue weighted by atomic mass is 32.2. The van der Waals surface area contributed by atoms with E-state index in [4.69, 9.17) is 10.5 Å². The van der Waals surface area contributed by atoms with Crippen LogP contribution >= 0.6 is 0 Å². The smallest absolute Gasteiger partial charge is 0.246 e. The lowest BCUT2D eigenvalue weighted by Gasteiger charge is -2.20. The van der Waals surface area contributed by atoms with Crippen molar-refractivity contribution in [3.8, 4) is 5.75 Å². The van der Waals surface area contributed by atoms with Crippen LogP contribution in [-0.4, -0.2) is 45.4 Å². The van der Waals surface area contributed by atoms with Crippen LogP contribution in [0.5, 0.6) is 5.75 Å². The molecule has 3 N–H and O–H groups in total. The molecule has 26 heavy (non-hydrogen) atoms. The first-order valence-electron chi connectivity index (χ1n) is 9.16. The number of amides is 1. The van der Waals surface area contributed by atoms with Crippen LogP contribution in [0.4, 0.5) is 5.69 Å². The van der Waals surface area contributed by atoms with Crippen molar-refractivity contribution in [2.45, 2.75) is 37.0 Å². The second kappa shape index (κ2) is 7.94. The molecule has 1 saturated heterocycles. The van der Waals surface area contributed by atoms with Gasteiger partial charge >= 0.3 is 0 Å². The van der Waals surface area contributed by atoms with Crippen LogP contribution < -0.4 is 15.8 Å². The van der Waals surface area contributed by atoms with Gasteiger partial charge in [-0.15, -0.1) is 0 Å². The lowest BCUT2D eigenvalue weighted by Crippen LogP contribution is -2.30. The molecule has 1 saturated carbocycles. The Hall–Kier alpha value is -1.64. The molecule has 1 aliphatic carbocycles. The number of nitrogens with zero attached hydrogens (tertiary/aromatic N) is 1. The minimum Gasteiger partial charge on any atom is -0.495 e. The Morgan fingerprint density at radius 2 is 2.00 bits per heavy atom. The molecule has 2 aliphatic rings. The fraction of sp³-hybridized carbons (Fsp3) is 0.611. The van der Waals surface area contributed by atoms with Crippen LogP contribution in [0.25, 0.3) is 0 Å². The minimum absolute atomic E-state index is 0.0600. The summed E-state index contributed by atoms with van der Waals surface area (Å²) < 4.78 is 32.4. The summed E-state index contributed by atoms with van der Waals surface area (Å²) in [5.74, 6) is 0.317. The number of methoxy groups -OCH3 is 1. The van der Waals surface area contributed by atoms with Gasteiger partial charge in [-0.3, -0.25) is 4.79 Å². The van der Waals surface area contributed by atoms with Crippen LogP contribution in [0.2, 0.25) is 0 Å². The number of carbonyl (C=O) groups excluding carboxylic acids is 1. The zero-order valence-electron chi connectivity index (χ0n) is 15.1. The van der Waals surface area contributed by atoms with E-state index < -0.39 is 10.0 Å². The van der Waals surface area contributed by atoms with Crippen molar-refractivity contribution in [2.24, 2.45) is 17.6 Å². The fourth-order valence-electron chi connectivity index (χ4n) is 3.93. The van der Waals surface area contributed by atoms with Gasteiger partial charge in [-0.05, 0) is 50.3 Å². The molecule has 2 fully saturated rings. The van der Waals surface area contributed by atoms with E-state index in [9.17, 15) is 13.2 Å². The Bertz CT molecular complexity index is 760. The standard InChI is InChI=1S/C18H27N3O4S/c1-25-16-11-14(20-18(22)15-6-4-5-13(15)12-19)7-8-17(16)26(23,24)21-9-2-3-10-21/h7-8,11,13,15H,2-6,9-10,12,19H2,1H3,(H,20,22)/t13-,15-/m1/s1. The quantitative estimate of drug-likeness (QED) is 0.782. The maximum atomic E-state index is 12.8. The van der Waals surface area contributed by atoms with Crippen molar-refractivity contribution in [1.82, 2.24) is 4.31 Å². The van der Waals surface area contributed by atoms with Crippen LogP contribution in [0.15, 0.2) is 23.1 Å². The van der Waals surface area contributed by atoms with Crippen molar-refractivity contribution in [2.75, 3.05) is 32.1 Å². The molecule has 0 radical (unpaired) electrons. The summed E-state index contributed by atoms with van der Waals surface area (Å²) in [6.07, 6.45) is 4.58. The van der Waals surface area contributed by atoms with E-state index in [1.807, 2.05) is 0 Å². The van der Waals surface area contributed by atoms with E-state index >= 15 is 0 Å². The number of ether oxygens (including phenoxy) is 1. The third-order valence-electron chi connectivity index (χ3n) is 5.41. The molecule has 144 valence electrons. The van der Waals surface area contributed by atoms with E-state index in [-0.39, 0.29) is 28.4 Å². The first-order valence-corrected chi connectivity index (χ1v) is 10.6. The Morgan fingerprint density at radius 1 is 1.27 bits per heavy atom. The molecule has 0 spiro atoms. The van der Waals surface area contributed by atoms with Gasteiger partial charge in [0.1, 0.15) is 10.6 Å². The average molecular weight is 381 g/mol. The Labute approximate surface area is 154 Å². The topological polar surface area (TPSA) is 102 Å². The number of carbonyl (C=O) groups is 1. The largest absolute Gasteiger partial charge is 0.495 e. The zero-order valence-corrected chi connectivity index (χ0v) is 15.9. The monoisotopic (exact) mass is 381 g/mol. The van der Waals surface area contributed by atoms with Crippen LogP contribution in [0, 0.1) is 11.8 Å². The molecule has 1 aromatic carbocycles. The van der Waals surface area contributed by atoms with Gasteiger partial charge in [0.2, 0.25) is 15.9 Å². The summed E-state index contributed by atoms with van der Waals surface area (Å²) in [6.45, 7) is 1.58. The summed E-state index contributed by atoms with van der Waals surface area (Å²) in [7, 11) is -2.14. The highest BCUT2D eigenvalue weighted by molar-refractivity contribution is 7.89. The molecule has 8 heteroatoms. The molecular formula is C18H27N3O4S. The number of hydrogen-bond acceptors (Lipinski definition) is 5. The van der Waals surface area contributed by atoms with Gasteiger partial charge < -0.3 is 15.8 Å². The van der Waals surface area contributed by atoms with Crippen LogP contribution in [-0.2, 0) is 14.8 Å². The Kier molecular flexibility index (Phi) is 5.84. The molecule has 1 aromatic rings. The normalized spacial score (nSPS) is 23.9. The van der Waals surface area contributed by atoms with Crippen molar-refractivity contribution < 1.29 is 17.9 Å². The number of sulfonamides is 1. The van der Waals surface area contributed by atoms with Gasteiger partial charge in [0.15, 0.2) is 0 Å². The highest BCUT2D eigenvalue weighted by Gasteiger charge is 2.33. The van der Waals surface area contributed by atoms with Gasteiger partial charge in [0.25, 0.3) is 0 Å². The molecule has 3 rings (SSSR count). The minimum atomic E-state index is -3.58. The molecular weight excluding hydrogens is 354 g/mol. The summed E-state index contributed by atoms with van der Waals surface area (Å²) in [6, 6.07) is 4.71. The van der Waals surface area contributed by atoms with Crippen LogP contribution in [0.3, 0.4) is 0 Å². The number of nitrogens with two attached hydrogens (primary N) is 1. The molecule has 0 bridgehead atoms. The maximum Gasteiger partial charge on any atom is 0.246 e. The van der Waals surface area contributed by atoms with E-state index in [2.05, 4.69) is 5.32 Å². The van der Waals surface area contributed by atoms with Crippen molar-refractivity contribution in [1.29, 1.82) is 0 Å². The predicted octanol–water partition coefficient (Wildman–Crippen LogP) is 1.79. The van der Waals surface area contributed by atoms with E-state index in [1.54, 1.807) is 12.1 Å². The lowest BCUT2D eigenvalue weighted by atomic mass is 9.95. The number of rotatable bonds is 6. The molecule has 1 aliphatic heterocycles. The Morgan fingerprint density at radius 3 is 2.65 bits per heavy atom. The zero-order chi connectivity index (χ0) is 18.7. The van der Waals surface area contributed by atoms with Crippen molar-refractivity contribution in [3.63, 3.8) is 0 Å². The van der Waals surface area contributed by atoms with E-state index in [0.29, 0.717) is 25.3 Å². The molecule has 2 atom stereocenters. The van der Waals surface area contributed by atoms with Crippen molar-refractivity contribution in [3.05, 3.63) is 18.2 Å². The van der Waals surface area contributed by atoms with E-state index in [0.717, 1.165) is 32.1 Å². The van der Waals surface area contributed by atoms with Gasteiger partial charge in [-0.1, -0.05) is 6.42 Å². The number of nitrogens with one attached hydrogen (secondary N) is 1. The molecule has 1 amide bonds. The first-order chi connectivity index (χ1) is 12.5. The second-order valence-corrected chi connectivity index (χ2v) is 8.91. The number of benzene rings is 1. The molecule has 0 aromatic heterocycles. The predicted molar refractivity (Wildman–Crippen MR) is 99.5 cm³/mol. The first kappa shape index (κ1) is 19.1. The van der Waals surface area contributed by atoms with Gasteiger partial charge in [0.05, 0.1) is 7.11 Å². The average Bonchev–Trinajstić information content (AvgIpc) is 3.32. The summed E-state index contributed by atoms with van der Waals surface area (Å²) >= 11 is 0. The molecule has 1 heterocycles. The number of hydrogen-bond donors (Lipinski definition) is 2. The summed E-state index contributed by atoms with van der Waals surface area (Å²) in [5.41, 5.74) is 6.29. The van der Waals surface area contributed by atoms with Crippen LogP contribution in [0.1, 0.15) is 32.1 Å². The third kappa shape index (κ3) is 3.72. The lowest BCUT2D eigenvalue weighted by molar-refractivity contribution is -0.120. The van der Waals surface area contributed by atoms with Gasteiger partial charge in [-0.2, -0.15) is 4.31 Å². The Balaban J connectivity index is 1.79. The molecule has 7 nitrogen and oxygen atoms in total. The van der Waals surface area contributed by atoms with Gasteiger partial charge in [0, 0.05) is 30.8 Å². The maximum absolute atomic E-state index is 12.8. The summed E-state index contributed by atoms with van der Waals surface area (Å²) in [4.78, 5) is 12.7. The SMILES string of the molecule is COc1cc(NC(=O)[C@@H]2CCC[C@@H]2CN)ccc1S(=O)(=O)N1CCCC1. The highest BCUT2D eigenvalue weighted by Crippen LogP contribution is 2.34. The van der Waals surface area contributed by atoms with Gasteiger partial charge in [-0.25, -0.2) is 8.42 Å².